The Hall–Kier alpha value is -2.05. The Labute approximate surface area is 136 Å². The highest BCUT2D eigenvalue weighted by molar-refractivity contribution is 7.16. The van der Waals surface area contributed by atoms with Gasteiger partial charge in [0.2, 0.25) is 0 Å². The summed E-state index contributed by atoms with van der Waals surface area (Å²) in [5, 5.41) is 3.15. The van der Waals surface area contributed by atoms with Gasteiger partial charge >= 0.3 is 11.9 Å². The molecule has 7 heteroatoms. The SMILES string of the molecule is COC(=O)c1cc(NCc2ccc(Cl)s2)cc(C(=O)OC)c1. The maximum absolute atomic E-state index is 11.7. The molecule has 22 heavy (non-hydrogen) atoms. The lowest BCUT2D eigenvalue weighted by molar-refractivity contribution is 0.0599. The lowest BCUT2D eigenvalue weighted by atomic mass is 10.1. The number of halogens is 1. The molecule has 0 radical (unpaired) electrons. The fourth-order valence-corrected chi connectivity index (χ4v) is 2.86. The first-order chi connectivity index (χ1) is 10.5. The number of methoxy groups -OCH3 is 2. The van der Waals surface area contributed by atoms with Crippen molar-refractivity contribution in [3.63, 3.8) is 0 Å². The van der Waals surface area contributed by atoms with Crippen LogP contribution in [-0.2, 0) is 16.0 Å². The van der Waals surface area contributed by atoms with E-state index in [1.54, 1.807) is 12.1 Å². The van der Waals surface area contributed by atoms with Crippen molar-refractivity contribution >= 4 is 40.6 Å². The van der Waals surface area contributed by atoms with Crippen molar-refractivity contribution in [3.05, 3.63) is 50.7 Å². The molecule has 116 valence electrons. The second-order valence-corrected chi connectivity index (χ2v) is 6.14. The van der Waals surface area contributed by atoms with E-state index in [0.717, 1.165) is 4.88 Å². The molecular formula is C15H14ClNO4S. The zero-order valence-corrected chi connectivity index (χ0v) is 13.6. The minimum atomic E-state index is -0.520. The van der Waals surface area contributed by atoms with Crippen LogP contribution in [0.25, 0.3) is 0 Å². The highest BCUT2D eigenvalue weighted by Crippen LogP contribution is 2.23. The lowest BCUT2D eigenvalue weighted by Gasteiger charge is -2.09. The van der Waals surface area contributed by atoms with E-state index >= 15 is 0 Å². The van der Waals surface area contributed by atoms with Crippen LogP contribution in [0.1, 0.15) is 25.6 Å². The molecule has 5 nitrogen and oxygen atoms in total. The van der Waals surface area contributed by atoms with E-state index in [1.165, 1.54) is 31.6 Å². The molecule has 0 aliphatic carbocycles. The van der Waals surface area contributed by atoms with Crippen LogP contribution in [-0.4, -0.2) is 26.2 Å². The highest BCUT2D eigenvalue weighted by Gasteiger charge is 2.13. The van der Waals surface area contributed by atoms with Crippen LogP contribution < -0.4 is 5.32 Å². The number of anilines is 1. The Balaban J connectivity index is 2.24. The second kappa shape index (κ2) is 7.29. The summed E-state index contributed by atoms with van der Waals surface area (Å²) in [5.41, 5.74) is 1.17. The number of rotatable bonds is 5. The molecule has 2 rings (SSSR count). The molecule has 1 aromatic carbocycles. The summed E-state index contributed by atoms with van der Waals surface area (Å²) < 4.78 is 10.1. The number of esters is 2. The molecule has 1 aromatic heterocycles. The minimum Gasteiger partial charge on any atom is -0.465 e. The van der Waals surface area contributed by atoms with Crippen LogP contribution >= 0.6 is 22.9 Å². The Kier molecular flexibility index (Phi) is 5.41. The number of ether oxygens (including phenoxy) is 2. The van der Waals surface area contributed by atoms with Crippen LogP contribution in [0.2, 0.25) is 4.34 Å². The van der Waals surface area contributed by atoms with Gasteiger partial charge in [0.25, 0.3) is 0 Å². The first-order valence-electron chi connectivity index (χ1n) is 6.33. The van der Waals surface area contributed by atoms with Gasteiger partial charge in [-0.3, -0.25) is 0 Å². The summed E-state index contributed by atoms with van der Waals surface area (Å²) in [6.45, 7) is 0.530. The molecule has 0 atom stereocenters. The third-order valence-corrected chi connectivity index (χ3v) is 4.10. The smallest absolute Gasteiger partial charge is 0.337 e. The molecule has 0 saturated carbocycles. The average Bonchev–Trinajstić information content (AvgIpc) is 2.96. The Morgan fingerprint density at radius 1 is 1.09 bits per heavy atom. The zero-order chi connectivity index (χ0) is 16.1. The van der Waals surface area contributed by atoms with Crippen molar-refractivity contribution < 1.29 is 19.1 Å². The lowest BCUT2D eigenvalue weighted by Crippen LogP contribution is -2.08. The zero-order valence-electron chi connectivity index (χ0n) is 12.0. The van der Waals surface area contributed by atoms with Crippen LogP contribution in [0.15, 0.2) is 30.3 Å². The number of hydrogen-bond acceptors (Lipinski definition) is 6. The van der Waals surface area contributed by atoms with Crippen molar-refractivity contribution in [1.29, 1.82) is 0 Å². The summed E-state index contributed by atoms with van der Waals surface area (Å²) >= 11 is 7.34. The van der Waals surface area contributed by atoms with E-state index in [-0.39, 0.29) is 11.1 Å². The number of benzene rings is 1. The van der Waals surface area contributed by atoms with Crippen molar-refractivity contribution in [2.24, 2.45) is 0 Å². The van der Waals surface area contributed by atoms with E-state index in [0.29, 0.717) is 16.6 Å². The Bertz CT molecular complexity index is 664. The summed E-state index contributed by atoms with van der Waals surface area (Å²) in [7, 11) is 2.57. The predicted octanol–water partition coefficient (Wildman–Crippen LogP) is 3.59. The van der Waals surface area contributed by atoms with Gasteiger partial charge in [-0.2, -0.15) is 0 Å². The molecule has 0 fully saturated rings. The standard InChI is InChI=1S/C15H14ClNO4S/c1-20-14(18)9-5-10(15(19)21-2)7-11(6-9)17-8-12-3-4-13(16)22-12/h3-7,17H,8H2,1-2H3. The quantitative estimate of drug-likeness (QED) is 0.843. The third kappa shape index (κ3) is 3.99. The van der Waals surface area contributed by atoms with Gasteiger partial charge in [-0.05, 0) is 30.3 Å². The summed E-state index contributed by atoms with van der Waals surface area (Å²) in [6, 6.07) is 8.39. The molecule has 0 aliphatic heterocycles. The third-order valence-electron chi connectivity index (χ3n) is 2.87. The van der Waals surface area contributed by atoms with E-state index in [2.05, 4.69) is 5.32 Å². The fourth-order valence-electron chi connectivity index (χ4n) is 1.84. The van der Waals surface area contributed by atoms with Gasteiger partial charge in [0.15, 0.2) is 0 Å². The monoisotopic (exact) mass is 339 g/mol. The molecule has 1 N–H and O–H groups in total. The van der Waals surface area contributed by atoms with E-state index < -0.39 is 11.9 Å². The number of carbonyl (C=O) groups is 2. The second-order valence-electron chi connectivity index (χ2n) is 4.34. The van der Waals surface area contributed by atoms with E-state index in [9.17, 15) is 9.59 Å². The van der Waals surface area contributed by atoms with Gasteiger partial charge in [-0.25, -0.2) is 9.59 Å². The molecule has 0 unspecified atom stereocenters. The highest BCUT2D eigenvalue weighted by atomic mass is 35.5. The molecule has 0 spiro atoms. The molecule has 0 amide bonds. The van der Waals surface area contributed by atoms with E-state index in [1.807, 2.05) is 12.1 Å². The Morgan fingerprint density at radius 3 is 2.14 bits per heavy atom. The molecule has 0 aliphatic rings. The van der Waals surface area contributed by atoms with Gasteiger partial charge in [0.05, 0.1) is 29.7 Å². The molecule has 0 saturated heterocycles. The first kappa shape index (κ1) is 16.3. The van der Waals surface area contributed by atoms with Gasteiger partial charge in [-0.15, -0.1) is 11.3 Å². The minimum absolute atomic E-state index is 0.275. The first-order valence-corrected chi connectivity index (χ1v) is 7.52. The maximum Gasteiger partial charge on any atom is 0.337 e. The average molecular weight is 340 g/mol. The molecule has 1 heterocycles. The number of carbonyl (C=O) groups excluding carboxylic acids is 2. The van der Waals surface area contributed by atoms with Crippen molar-refractivity contribution in [3.8, 4) is 0 Å². The summed E-state index contributed by atoms with van der Waals surface area (Å²) in [5.74, 6) is -1.04. The molecule has 0 bridgehead atoms. The summed E-state index contributed by atoms with van der Waals surface area (Å²) in [4.78, 5) is 24.4. The largest absolute Gasteiger partial charge is 0.465 e. The number of nitrogens with one attached hydrogen (secondary N) is 1. The van der Waals surface area contributed by atoms with Crippen molar-refractivity contribution in [2.75, 3.05) is 19.5 Å². The predicted molar refractivity (Wildman–Crippen MR) is 85.8 cm³/mol. The van der Waals surface area contributed by atoms with E-state index in [4.69, 9.17) is 21.1 Å². The van der Waals surface area contributed by atoms with Gasteiger partial charge in [0.1, 0.15) is 0 Å². The maximum atomic E-state index is 11.7. The van der Waals surface area contributed by atoms with Crippen LogP contribution in [0.3, 0.4) is 0 Å². The fraction of sp³-hybridized carbons (Fsp3) is 0.200. The van der Waals surface area contributed by atoms with Crippen LogP contribution in [0.4, 0.5) is 5.69 Å². The van der Waals surface area contributed by atoms with Gasteiger partial charge in [0, 0.05) is 17.1 Å². The van der Waals surface area contributed by atoms with Gasteiger partial charge in [-0.1, -0.05) is 11.6 Å². The topological polar surface area (TPSA) is 64.6 Å². The Morgan fingerprint density at radius 2 is 1.68 bits per heavy atom. The van der Waals surface area contributed by atoms with Crippen molar-refractivity contribution in [2.45, 2.75) is 6.54 Å². The molecular weight excluding hydrogens is 326 g/mol. The number of thiophene rings is 1. The van der Waals surface area contributed by atoms with Crippen LogP contribution in [0.5, 0.6) is 0 Å². The molecule has 2 aromatic rings. The normalized spacial score (nSPS) is 10.1. The van der Waals surface area contributed by atoms with Crippen molar-refractivity contribution in [1.82, 2.24) is 0 Å². The van der Waals surface area contributed by atoms with Gasteiger partial charge < -0.3 is 14.8 Å². The number of hydrogen-bond donors (Lipinski definition) is 1. The van der Waals surface area contributed by atoms with Crippen LogP contribution in [0, 0.1) is 0 Å². The summed E-state index contributed by atoms with van der Waals surface area (Å²) in [6.07, 6.45) is 0.